The van der Waals surface area contributed by atoms with Crippen LogP contribution in [0.3, 0.4) is 0 Å². The number of hydrogen-bond donors (Lipinski definition) is 2. The lowest BCUT2D eigenvalue weighted by Gasteiger charge is -2.41. The summed E-state index contributed by atoms with van der Waals surface area (Å²) in [5.41, 5.74) is 5.43. The van der Waals surface area contributed by atoms with E-state index in [4.69, 9.17) is 15.2 Å². The molecule has 1 heterocycles. The molecule has 7 atom stereocenters. The molecule has 2 rings (SSSR count). The molecule has 1 aliphatic heterocycles. The molecule has 1 aliphatic rings. The molecule has 8 amide bonds. The fourth-order valence-electron chi connectivity index (χ4n) is 8.24. The number of rotatable bonds is 20. The molecule has 0 bridgehead atoms. The van der Waals surface area contributed by atoms with Crippen LogP contribution in [0.25, 0.3) is 0 Å². The third-order valence-electron chi connectivity index (χ3n) is 12.1. The highest BCUT2D eigenvalue weighted by Gasteiger charge is 2.46. The molecule has 1 aromatic rings. The van der Waals surface area contributed by atoms with Crippen LogP contribution in [-0.2, 0) is 54.3 Å². The number of likely N-dealkylation sites (tertiary alicyclic amines) is 1. The molecule has 0 aromatic heterocycles. The van der Waals surface area contributed by atoms with Crippen molar-refractivity contribution in [3.63, 3.8) is 0 Å². The first-order valence-electron chi connectivity index (χ1n) is 22.5. The molecule has 1 fully saturated rings. The monoisotopic (exact) mass is 929 g/mol. The van der Waals surface area contributed by atoms with Gasteiger partial charge in [0.2, 0.25) is 41.4 Å². The van der Waals surface area contributed by atoms with Crippen LogP contribution in [0.4, 0.5) is 4.79 Å². The SMILES string of the molecule is COC(=O)[C@@H](C)N(C)C(=O)[C@H](CC(N)=O)N(C)C(=O)[C@@H]1CCCN1C(=O)[C@H](C(C)C)N(C)C(=O)[C@@H](C(C)C)N(C)C(=O)[C@H](Cc1ccccc1)N(C)C(=O)[C@H](NC(=O)OC(C)(C)C)C(C)C. The lowest BCUT2D eigenvalue weighted by Crippen LogP contribution is -2.62. The van der Waals surface area contributed by atoms with Crippen molar-refractivity contribution in [3.8, 4) is 0 Å². The standard InChI is InChI=1S/C47H76N8O11/c1-27(2)36(49-46(64)66-47(8,9)10)42(60)52(13)33(25-31-21-18-17-19-22-31)41(59)53(14)37(28(3)4)43(61)54(15)38(29(5)6)44(62)55-24-20-23-32(55)39(57)51(12)34(26-35(48)56)40(58)50(11)30(7)45(63)65-16/h17-19,21-22,27-30,32-34,36-38H,20,23-26H2,1-16H3,(H2,48,56)(H,49,64)/t30-,32+,33+,34+,36-,37-,38+/m1/s1. The Balaban J connectivity index is 2.52. The Morgan fingerprint density at radius 2 is 1.24 bits per heavy atom. The number of likely N-dealkylation sites (N-methyl/N-ethyl adjacent to an activating group) is 5. The van der Waals surface area contributed by atoms with E-state index in [0.29, 0.717) is 6.42 Å². The summed E-state index contributed by atoms with van der Waals surface area (Å²) in [5.74, 6) is -6.48. The van der Waals surface area contributed by atoms with Gasteiger partial charge in [-0.2, -0.15) is 0 Å². The molecular weight excluding hydrogens is 853 g/mol. The van der Waals surface area contributed by atoms with Gasteiger partial charge >= 0.3 is 12.1 Å². The number of nitrogens with zero attached hydrogens (tertiary/aromatic N) is 6. The van der Waals surface area contributed by atoms with Crippen molar-refractivity contribution in [2.45, 2.75) is 143 Å². The summed E-state index contributed by atoms with van der Waals surface area (Å²) in [4.78, 5) is 131. The summed E-state index contributed by atoms with van der Waals surface area (Å²) >= 11 is 0. The van der Waals surface area contributed by atoms with E-state index in [1.165, 1.54) is 68.9 Å². The molecule has 66 heavy (non-hydrogen) atoms. The average molecular weight is 929 g/mol. The summed E-state index contributed by atoms with van der Waals surface area (Å²) in [6, 6.07) is 1.18. The highest BCUT2D eigenvalue weighted by atomic mass is 16.6. The van der Waals surface area contributed by atoms with Crippen molar-refractivity contribution in [1.29, 1.82) is 0 Å². The number of carbonyl (C=O) groups excluding carboxylic acids is 9. The smallest absolute Gasteiger partial charge is 0.408 e. The van der Waals surface area contributed by atoms with Crippen molar-refractivity contribution in [2.24, 2.45) is 23.5 Å². The molecule has 3 N–H and O–H groups in total. The Kier molecular flexibility index (Phi) is 20.6. The Hall–Kier alpha value is -5.75. The van der Waals surface area contributed by atoms with Gasteiger partial charge in [0.1, 0.15) is 47.9 Å². The van der Waals surface area contributed by atoms with Gasteiger partial charge in [0.05, 0.1) is 13.5 Å². The van der Waals surface area contributed by atoms with E-state index in [1.54, 1.807) is 62.3 Å². The van der Waals surface area contributed by atoms with E-state index >= 15 is 0 Å². The van der Waals surface area contributed by atoms with Crippen molar-refractivity contribution in [1.82, 2.24) is 34.7 Å². The van der Waals surface area contributed by atoms with Crippen LogP contribution in [0, 0.1) is 17.8 Å². The number of carbonyl (C=O) groups is 9. The fraction of sp³-hybridized carbons (Fsp3) is 0.681. The predicted molar refractivity (Wildman–Crippen MR) is 247 cm³/mol. The number of primary amides is 1. The quantitative estimate of drug-likeness (QED) is 0.180. The van der Waals surface area contributed by atoms with Crippen LogP contribution in [-0.4, -0.2) is 180 Å². The molecule has 0 spiro atoms. The lowest BCUT2D eigenvalue weighted by molar-refractivity contribution is -0.158. The molecule has 19 heteroatoms. The number of methoxy groups -OCH3 is 1. The summed E-state index contributed by atoms with van der Waals surface area (Å²) in [6.07, 6.45) is -0.599. The molecule has 1 saturated heterocycles. The van der Waals surface area contributed by atoms with Crippen molar-refractivity contribution in [2.75, 3.05) is 48.9 Å². The number of nitrogens with one attached hydrogen (secondary N) is 1. The van der Waals surface area contributed by atoms with Gasteiger partial charge in [-0.15, -0.1) is 0 Å². The number of nitrogens with two attached hydrogens (primary N) is 1. The van der Waals surface area contributed by atoms with Crippen LogP contribution < -0.4 is 11.1 Å². The summed E-state index contributed by atoms with van der Waals surface area (Å²) in [5, 5.41) is 2.67. The summed E-state index contributed by atoms with van der Waals surface area (Å²) in [6.45, 7) is 17.3. The molecule has 1 aromatic carbocycles. The van der Waals surface area contributed by atoms with Crippen LogP contribution in [0.5, 0.6) is 0 Å². The minimum absolute atomic E-state index is 0.0801. The first-order valence-corrected chi connectivity index (χ1v) is 22.5. The highest BCUT2D eigenvalue weighted by molar-refractivity contribution is 5.98. The predicted octanol–water partition coefficient (Wildman–Crippen LogP) is 2.28. The third kappa shape index (κ3) is 14.4. The van der Waals surface area contributed by atoms with Gasteiger partial charge in [0.15, 0.2) is 0 Å². The minimum Gasteiger partial charge on any atom is -0.467 e. The second-order valence-electron chi connectivity index (χ2n) is 19.3. The van der Waals surface area contributed by atoms with Gasteiger partial charge in [0.25, 0.3) is 0 Å². The first-order chi connectivity index (χ1) is 30.5. The Morgan fingerprint density at radius 3 is 1.73 bits per heavy atom. The number of amides is 8. The van der Waals surface area contributed by atoms with Gasteiger partial charge in [-0.25, -0.2) is 9.59 Å². The van der Waals surface area contributed by atoms with Crippen molar-refractivity contribution >= 4 is 53.4 Å². The topological polar surface area (TPSA) is 230 Å². The van der Waals surface area contributed by atoms with Gasteiger partial charge in [-0.1, -0.05) is 71.9 Å². The largest absolute Gasteiger partial charge is 0.467 e. The molecule has 370 valence electrons. The number of alkyl carbamates (subject to hydrolysis) is 1. The van der Waals surface area contributed by atoms with Crippen molar-refractivity contribution < 1.29 is 52.6 Å². The van der Waals surface area contributed by atoms with Gasteiger partial charge in [0, 0.05) is 48.2 Å². The summed E-state index contributed by atoms with van der Waals surface area (Å²) in [7, 11) is 8.28. The zero-order valence-electron chi connectivity index (χ0n) is 41.9. The highest BCUT2D eigenvalue weighted by Crippen LogP contribution is 2.27. The van der Waals surface area contributed by atoms with Crippen LogP contribution in [0.15, 0.2) is 30.3 Å². The Bertz CT molecular complexity index is 1900. The molecule has 0 radical (unpaired) electrons. The number of hydrogen-bond acceptors (Lipinski definition) is 11. The van der Waals surface area contributed by atoms with Crippen LogP contribution in [0.1, 0.15) is 94.1 Å². The van der Waals surface area contributed by atoms with Gasteiger partial charge in [-0.05, 0) is 63.9 Å². The second-order valence-corrected chi connectivity index (χ2v) is 19.3. The molecular formula is C47H76N8O11. The zero-order valence-corrected chi connectivity index (χ0v) is 41.9. The number of benzene rings is 1. The van der Waals surface area contributed by atoms with Crippen molar-refractivity contribution in [3.05, 3.63) is 35.9 Å². The first kappa shape index (κ1) is 56.4. The number of ether oxygens (including phenoxy) is 2. The van der Waals surface area contributed by atoms with Crippen LogP contribution >= 0.6 is 0 Å². The molecule has 0 unspecified atom stereocenters. The Labute approximate surface area is 391 Å². The average Bonchev–Trinajstić information content (AvgIpc) is 3.74. The minimum atomic E-state index is -1.40. The van der Waals surface area contributed by atoms with E-state index in [0.717, 1.165) is 15.4 Å². The maximum atomic E-state index is 14.8. The summed E-state index contributed by atoms with van der Waals surface area (Å²) < 4.78 is 10.2. The third-order valence-corrected chi connectivity index (χ3v) is 12.1. The van der Waals surface area contributed by atoms with Gasteiger partial charge in [-0.3, -0.25) is 33.6 Å². The lowest BCUT2D eigenvalue weighted by atomic mass is 9.95. The maximum absolute atomic E-state index is 14.8. The number of esters is 1. The van der Waals surface area contributed by atoms with E-state index in [-0.39, 0.29) is 19.4 Å². The maximum Gasteiger partial charge on any atom is 0.408 e. The fourth-order valence-corrected chi connectivity index (χ4v) is 8.24. The normalized spacial score (nSPS) is 16.6. The Morgan fingerprint density at radius 1 is 0.712 bits per heavy atom. The zero-order chi connectivity index (χ0) is 50.7. The van der Waals surface area contributed by atoms with Crippen LogP contribution in [0.2, 0.25) is 0 Å². The van der Waals surface area contributed by atoms with E-state index < -0.39 is 125 Å². The van der Waals surface area contributed by atoms with Gasteiger partial charge < -0.3 is 49.9 Å². The van der Waals surface area contributed by atoms with E-state index in [1.807, 2.05) is 30.3 Å². The molecule has 19 nitrogen and oxygen atoms in total. The molecule has 0 aliphatic carbocycles. The van der Waals surface area contributed by atoms with E-state index in [9.17, 15) is 43.2 Å². The molecule has 0 saturated carbocycles. The van der Waals surface area contributed by atoms with E-state index in [2.05, 4.69) is 5.32 Å². The second kappa shape index (κ2) is 24.1.